The van der Waals surface area contributed by atoms with Gasteiger partial charge in [0.2, 0.25) is 0 Å². The zero-order chi connectivity index (χ0) is 17.7. The van der Waals surface area contributed by atoms with Crippen molar-refractivity contribution in [1.29, 1.82) is 0 Å². The molecule has 24 heavy (non-hydrogen) atoms. The highest BCUT2D eigenvalue weighted by Crippen LogP contribution is 2.24. The quantitative estimate of drug-likeness (QED) is 0.896. The lowest BCUT2D eigenvalue weighted by molar-refractivity contribution is -0.130. The smallest absolute Gasteiger partial charge is 0.259 e. The highest BCUT2D eigenvalue weighted by Gasteiger charge is 2.19. The number of anilines is 1. The Kier molecular flexibility index (Phi) is 5.78. The van der Waals surface area contributed by atoms with Crippen molar-refractivity contribution in [3.63, 3.8) is 0 Å². The Hall–Kier alpha value is -2.57. The summed E-state index contributed by atoms with van der Waals surface area (Å²) >= 11 is 0. The largest absolute Gasteiger partial charge is 0.498 e. The minimum Gasteiger partial charge on any atom is -0.498 e. The van der Waals surface area contributed by atoms with Crippen molar-refractivity contribution < 1.29 is 23.5 Å². The van der Waals surface area contributed by atoms with Crippen LogP contribution in [0.25, 0.3) is 0 Å². The van der Waals surface area contributed by atoms with Crippen LogP contribution in [-0.4, -0.2) is 44.0 Å². The van der Waals surface area contributed by atoms with Crippen molar-refractivity contribution in [3.05, 3.63) is 35.3 Å². The first-order valence-electron chi connectivity index (χ1n) is 7.65. The molecule has 2 rings (SSSR count). The number of allylic oxidation sites excluding steroid dienone is 1. The number of carbonyl (C=O) groups is 2. The van der Waals surface area contributed by atoms with Gasteiger partial charge in [0.15, 0.2) is 6.61 Å². The molecule has 0 bridgehead atoms. The van der Waals surface area contributed by atoms with Crippen LogP contribution in [-0.2, 0) is 14.3 Å². The van der Waals surface area contributed by atoms with Gasteiger partial charge in [0, 0.05) is 20.2 Å². The summed E-state index contributed by atoms with van der Waals surface area (Å²) in [6, 6.07) is 4.04. The molecule has 0 saturated carbocycles. The van der Waals surface area contributed by atoms with Crippen LogP contribution in [0.1, 0.15) is 19.8 Å². The third-order valence-electron chi connectivity index (χ3n) is 3.64. The van der Waals surface area contributed by atoms with E-state index in [1.165, 1.54) is 17.0 Å². The highest BCUT2D eigenvalue weighted by atomic mass is 19.1. The summed E-state index contributed by atoms with van der Waals surface area (Å²) in [6.45, 7) is 2.14. The number of ether oxygens (including phenoxy) is 2. The van der Waals surface area contributed by atoms with Crippen LogP contribution in [0.5, 0.6) is 5.75 Å². The molecular formula is C17H21FN2O4. The summed E-state index contributed by atoms with van der Waals surface area (Å²) < 4.78 is 24.7. The van der Waals surface area contributed by atoms with Crippen molar-refractivity contribution in [2.45, 2.75) is 19.8 Å². The van der Waals surface area contributed by atoms with Crippen LogP contribution in [0, 0.1) is 5.82 Å². The molecule has 7 heteroatoms. The Morgan fingerprint density at radius 1 is 1.38 bits per heavy atom. The number of carbonyl (C=O) groups excluding carboxylic acids is 2. The first-order valence-corrected chi connectivity index (χ1v) is 7.65. The molecule has 6 nitrogen and oxygen atoms in total. The van der Waals surface area contributed by atoms with Crippen LogP contribution >= 0.6 is 0 Å². The van der Waals surface area contributed by atoms with Gasteiger partial charge in [-0.3, -0.25) is 9.59 Å². The number of amides is 2. The van der Waals surface area contributed by atoms with Gasteiger partial charge in [-0.15, -0.1) is 0 Å². The van der Waals surface area contributed by atoms with Gasteiger partial charge < -0.3 is 19.7 Å². The van der Waals surface area contributed by atoms with E-state index in [1.54, 1.807) is 21.0 Å². The molecule has 2 amide bonds. The van der Waals surface area contributed by atoms with Crippen LogP contribution in [0.4, 0.5) is 10.1 Å². The summed E-state index contributed by atoms with van der Waals surface area (Å²) in [5, 5.41) is 2.54. The number of benzene rings is 1. The van der Waals surface area contributed by atoms with Gasteiger partial charge in [-0.25, -0.2) is 4.39 Å². The molecular weight excluding hydrogens is 315 g/mol. The van der Waals surface area contributed by atoms with Gasteiger partial charge in [-0.1, -0.05) is 0 Å². The molecule has 0 saturated heterocycles. The summed E-state index contributed by atoms with van der Waals surface area (Å²) in [7, 11) is 3.22. The van der Waals surface area contributed by atoms with Gasteiger partial charge in [-0.2, -0.15) is 0 Å². The fraction of sp³-hybridized carbons (Fsp3) is 0.412. The van der Waals surface area contributed by atoms with Crippen molar-refractivity contribution in [2.75, 3.05) is 32.6 Å². The maximum atomic E-state index is 14.1. The number of nitrogens with zero attached hydrogens (tertiary/aromatic N) is 1. The van der Waals surface area contributed by atoms with Crippen molar-refractivity contribution in [3.8, 4) is 5.75 Å². The molecule has 0 radical (unpaired) electrons. The average Bonchev–Trinajstić information content (AvgIpc) is 2.55. The summed E-state index contributed by atoms with van der Waals surface area (Å²) in [5.74, 6) is -0.443. The molecule has 1 aliphatic heterocycles. The van der Waals surface area contributed by atoms with Gasteiger partial charge >= 0.3 is 0 Å². The Morgan fingerprint density at radius 2 is 2.12 bits per heavy atom. The second-order valence-corrected chi connectivity index (χ2v) is 5.66. The lowest BCUT2D eigenvalue weighted by Gasteiger charge is -2.18. The minimum absolute atomic E-state index is 0.0529. The number of hydrogen-bond donors (Lipinski definition) is 1. The van der Waals surface area contributed by atoms with Crippen molar-refractivity contribution in [1.82, 2.24) is 4.90 Å². The molecule has 0 aromatic heterocycles. The van der Waals surface area contributed by atoms with Crippen molar-refractivity contribution in [2.24, 2.45) is 0 Å². The van der Waals surface area contributed by atoms with E-state index in [9.17, 15) is 14.0 Å². The van der Waals surface area contributed by atoms with Crippen LogP contribution in [0.3, 0.4) is 0 Å². The maximum absolute atomic E-state index is 14.1. The predicted octanol–water partition coefficient (Wildman–Crippen LogP) is 2.32. The molecule has 130 valence electrons. The SMILES string of the molecule is CC1=C(C(=O)Nc2ccc(OCC(=O)N(C)C)cc2F)CCCO1. The molecule has 1 aromatic rings. The van der Waals surface area contributed by atoms with E-state index < -0.39 is 5.82 Å². The molecule has 0 spiro atoms. The van der Waals surface area contributed by atoms with E-state index in [0.717, 1.165) is 12.5 Å². The third kappa shape index (κ3) is 4.47. The topological polar surface area (TPSA) is 67.9 Å². The summed E-state index contributed by atoms with van der Waals surface area (Å²) in [5.41, 5.74) is 0.578. The van der Waals surface area contributed by atoms with E-state index >= 15 is 0 Å². The third-order valence-corrected chi connectivity index (χ3v) is 3.64. The fourth-order valence-electron chi connectivity index (χ4n) is 2.17. The maximum Gasteiger partial charge on any atom is 0.259 e. The first kappa shape index (κ1) is 17.8. The Labute approximate surface area is 140 Å². The molecule has 0 atom stereocenters. The van der Waals surface area contributed by atoms with Gasteiger partial charge in [-0.05, 0) is 31.9 Å². The zero-order valence-electron chi connectivity index (χ0n) is 14.0. The average molecular weight is 336 g/mol. The molecule has 0 fully saturated rings. The monoisotopic (exact) mass is 336 g/mol. The normalized spacial score (nSPS) is 14.0. The highest BCUT2D eigenvalue weighted by molar-refractivity contribution is 6.04. The minimum atomic E-state index is -0.631. The Bertz CT molecular complexity index is 671. The molecule has 1 aromatic carbocycles. The van der Waals surface area contributed by atoms with Crippen LogP contribution in [0.2, 0.25) is 0 Å². The number of hydrogen-bond acceptors (Lipinski definition) is 4. The van der Waals surface area contributed by atoms with Gasteiger partial charge in [0.05, 0.1) is 17.9 Å². The molecule has 0 unspecified atom stereocenters. The molecule has 0 aliphatic carbocycles. The number of halogens is 1. The predicted molar refractivity (Wildman–Crippen MR) is 87.1 cm³/mol. The Balaban J connectivity index is 2.02. The van der Waals surface area contributed by atoms with Gasteiger partial charge in [0.25, 0.3) is 11.8 Å². The Morgan fingerprint density at radius 3 is 2.75 bits per heavy atom. The molecule has 1 heterocycles. The van der Waals surface area contributed by atoms with Crippen molar-refractivity contribution >= 4 is 17.5 Å². The second-order valence-electron chi connectivity index (χ2n) is 5.66. The number of nitrogens with one attached hydrogen (secondary N) is 1. The van der Waals surface area contributed by atoms with E-state index in [0.29, 0.717) is 24.4 Å². The van der Waals surface area contributed by atoms with Crippen LogP contribution in [0.15, 0.2) is 29.5 Å². The summed E-state index contributed by atoms with van der Waals surface area (Å²) in [6.07, 6.45) is 1.36. The number of rotatable bonds is 5. The second kappa shape index (κ2) is 7.81. The number of likely N-dealkylation sites (N-methyl/N-ethyl adjacent to an activating group) is 1. The molecule has 1 aliphatic rings. The molecule has 1 N–H and O–H groups in total. The van der Waals surface area contributed by atoms with E-state index in [4.69, 9.17) is 9.47 Å². The van der Waals surface area contributed by atoms with E-state index in [1.807, 2.05) is 0 Å². The zero-order valence-corrected chi connectivity index (χ0v) is 14.0. The lowest BCUT2D eigenvalue weighted by atomic mass is 10.1. The van der Waals surface area contributed by atoms with E-state index in [2.05, 4.69) is 5.32 Å². The van der Waals surface area contributed by atoms with Gasteiger partial charge in [0.1, 0.15) is 17.3 Å². The van der Waals surface area contributed by atoms with Crippen LogP contribution < -0.4 is 10.1 Å². The lowest BCUT2D eigenvalue weighted by Crippen LogP contribution is -2.27. The first-order chi connectivity index (χ1) is 11.4. The fourth-order valence-corrected chi connectivity index (χ4v) is 2.17. The standard InChI is InChI=1S/C17H21FN2O4/c1-11-13(5-4-8-23-11)17(22)19-15-7-6-12(9-14(15)18)24-10-16(21)20(2)3/h6-7,9H,4-5,8,10H2,1-3H3,(H,19,22). The summed E-state index contributed by atoms with van der Waals surface area (Å²) in [4.78, 5) is 25.0. The van der Waals surface area contributed by atoms with E-state index in [-0.39, 0.29) is 29.9 Å².